The van der Waals surface area contributed by atoms with Gasteiger partial charge in [0.2, 0.25) is 0 Å². The molecule has 0 aromatic heterocycles. The van der Waals surface area contributed by atoms with E-state index in [0.29, 0.717) is 12.8 Å². The zero-order valence-electron chi connectivity index (χ0n) is 10.5. The molecule has 108 valence electrons. The van der Waals surface area contributed by atoms with Gasteiger partial charge in [-0.3, -0.25) is 4.79 Å². The van der Waals surface area contributed by atoms with Crippen LogP contribution in [0.5, 0.6) is 0 Å². The first-order chi connectivity index (χ1) is 9.47. The van der Waals surface area contributed by atoms with Crippen molar-refractivity contribution in [3.63, 3.8) is 0 Å². The molecule has 2 rings (SSSR count). The molecule has 2 amide bonds. The van der Waals surface area contributed by atoms with Crippen molar-refractivity contribution in [2.45, 2.75) is 25.3 Å². The van der Waals surface area contributed by atoms with Gasteiger partial charge in [0.1, 0.15) is 5.82 Å². The second-order valence-electron chi connectivity index (χ2n) is 4.71. The molecule has 5 nitrogen and oxygen atoms in total. The standard InChI is InChI=1S/C13H14ClFN2O3/c14-9-5-4-7(6-10(9)15)16-13(20)17-11-3-1-2-8(11)12(18)19/h4-6,8,11H,1-3H2,(H,18,19)(H2,16,17,20). The van der Waals surface area contributed by atoms with E-state index in [1.807, 2.05) is 0 Å². The van der Waals surface area contributed by atoms with Crippen LogP contribution in [0.15, 0.2) is 18.2 Å². The summed E-state index contributed by atoms with van der Waals surface area (Å²) in [5, 5.41) is 14.0. The van der Waals surface area contributed by atoms with Crippen molar-refractivity contribution < 1.29 is 19.1 Å². The number of urea groups is 1. The van der Waals surface area contributed by atoms with Crippen molar-refractivity contribution in [3.8, 4) is 0 Å². The van der Waals surface area contributed by atoms with Crippen LogP contribution in [0.4, 0.5) is 14.9 Å². The van der Waals surface area contributed by atoms with Gasteiger partial charge in [-0.15, -0.1) is 0 Å². The molecule has 3 N–H and O–H groups in total. The van der Waals surface area contributed by atoms with Gasteiger partial charge in [0.15, 0.2) is 0 Å². The Kier molecular flexibility index (Phi) is 4.44. The lowest BCUT2D eigenvalue weighted by molar-refractivity contribution is -0.142. The second kappa shape index (κ2) is 6.09. The number of anilines is 1. The lowest BCUT2D eigenvalue weighted by atomic mass is 10.0. The molecule has 1 aromatic rings. The minimum atomic E-state index is -0.912. The Labute approximate surface area is 120 Å². The lowest BCUT2D eigenvalue weighted by Gasteiger charge is -2.18. The number of rotatable bonds is 3. The van der Waals surface area contributed by atoms with Crippen LogP contribution < -0.4 is 10.6 Å². The Morgan fingerprint density at radius 2 is 2.10 bits per heavy atom. The van der Waals surface area contributed by atoms with Gasteiger partial charge in [0, 0.05) is 11.7 Å². The van der Waals surface area contributed by atoms with Gasteiger partial charge in [-0.2, -0.15) is 0 Å². The maximum Gasteiger partial charge on any atom is 0.319 e. The monoisotopic (exact) mass is 300 g/mol. The highest BCUT2D eigenvalue weighted by Gasteiger charge is 2.33. The number of carbonyl (C=O) groups is 2. The van der Waals surface area contributed by atoms with E-state index in [-0.39, 0.29) is 10.7 Å². The molecule has 1 aliphatic carbocycles. The molecule has 20 heavy (non-hydrogen) atoms. The van der Waals surface area contributed by atoms with Crippen LogP contribution in [-0.4, -0.2) is 23.1 Å². The normalized spacial score (nSPS) is 21.5. The van der Waals surface area contributed by atoms with E-state index in [4.69, 9.17) is 16.7 Å². The first-order valence-corrected chi connectivity index (χ1v) is 6.60. The van der Waals surface area contributed by atoms with E-state index in [1.165, 1.54) is 12.1 Å². The highest BCUT2D eigenvalue weighted by molar-refractivity contribution is 6.30. The van der Waals surface area contributed by atoms with Crippen LogP contribution in [0.2, 0.25) is 5.02 Å². The van der Waals surface area contributed by atoms with Crippen molar-refractivity contribution in [1.82, 2.24) is 5.32 Å². The lowest BCUT2D eigenvalue weighted by Crippen LogP contribution is -2.42. The average Bonchev–Trinajstić information content (AvgIpc) is 2.82. The number of halogens is 2. The number of carboxylic acid groups (broad SMARTS) is 1. The van der Waals surface area contributed by atoms with Gasteiger partial charge >= 0.3 is 12.0 Å². The molecule has 0 radical (unpaired) electrons. The molecule has 0 saturated heterocycles. The molecular weight excluding hydrogens is 287 g/mol. The summed E-state index contributed by atoms with van der Waals surface area (Å²) in [6.07, 6.45) is 1.94. The Morgan fingerprint density at radius 1 is 1.35 bits per heavy atom. The Hall–Kier alpha value is -1.82. The predicted molar refractivity (Wildman–Crippen MR) is 72.3 cm³/mol. The molecule has 0 bridgehead atoms. The van der Waals surface area contributed by atoms with Crippen molar-refractivity contribution in [1.29, 1.82) is 0 Å². The number of hydrogen-bond acceptors (Lipinski definition) is 2. The molecular formula is C13H14ClFN2O3. The summed E-state index contributed by atoms with van der Waals surface area (Å²) in [6.45, 7) is 0. The number of benzene rings is 1. The molecule has 1 aromatic carbocycles. The number of aliphatic carboxylic acids is 1. The van der Waals surface area contributed by atoms with Gasteiger partial charge < -0.3 is 15.7 Å². The average molecular weight is 301 g/mol. The third-order valence-corrected chi connectivity index (χ3v) is 3.63. The molecule has 2 atom stereocenters. The van der Waals surface area contributed by atoms with Crippen LogP contribution in [0.25, 0.3) is 0 Å². The first-order valence-electron chi connectivity index (χ1n) is 6.23. The largest absolute Gasteiger partial charge is 0.481 e. The number of carboxylic acids is 1. The molecule has 0 aliphatic heterocycles. The van der Waals surface area contributed by atoms with Crippen molar-refractivity contribution >= 4 is 29.3 Å². The maximum atomic E-state index is 13.2. The summed E-state index contributed by atoms with van der Waals surface area (Å²) in [7, 11) is 0. The minimum Gasteiger partial charge on any atom is -0.481 e. The highest BCUT2D eigenvalue weighted by Crippen LogP contribution is 2.26. The fourth-order valence-electron chi connectivity index (χ4n) is 2.34. The van der Waals surface area contributed by atoms with Gasteiger partial charge in [-0.25, -0.2) is 9.18 Å². The molecule has 1 fully saturated rings. The third kappa shape index (κ3) is 3.39. The summed E-state index contributed by atoms with van der Waals surface area (Å²) in [6, 6.07) is 2.95. The summed E-state index contributed by atoms with van der Waals surface area (Å²) < 4.78 is 13.2. The summed E-state index contributed by atoms with van der Waals surface area (Å²) >= 11 is 5.54. The topological polar surface area (TPSA) is 78.4 Å². The maximum absolute atomic E-state index is 13.2. The van der Waals surface area contributed by atoms with E-state index in [1.54, 1.807) is 0 Å². The third-order valence-electron chi connectivity index (χ3n) is 3.33. The fraction of sp³-hybridized carbons (Fsp3) is 0.385. The Bertz CT molecular complexity index is 538. The van der Waals surface area contributed by atoms with Crippen molar-refractivity contribution in [3.05, 3.63) is 29.0 Å². The van der Waals surface area contributed by atoms with E-state index in [0.717, 1.165) is 12.5 Å². The molecule has 1 saturated carbocycles. The molecule has 1 aliphatic rings. The second-order valence-corrected chi connectivity index (χ2v) is 5.12. The van der Waals surface area contributed by atoms with E-state index in [9.17, 15) is 14.0 Å². The van der Waals surface area contributed by atoms with Gasteiger partial charge in [0.25, 0.3) is 0 Å². The van der Waals surface area contributed by atoms with Crippen LogP contribution >= 0.6 is 11.6 Å². The van der Waals surface area contributed by atoms with Crippen molar-refractivity contribution in [2.75, 3.05) is 5.32 Å². The van der Waals surface area contributed by atoms with Crippen LogP contribution in [0.3, 0.4) is 0 Å². The van der Waals surface area contributed by atoms with E-state index < -0.39 is 29.8 Å². The van der Waals surface area contributed by atoms with Gasteiger partial charge in [0.05, 0.1) is 10.9 Å². The van der Waals surface area contributed by atoms with Crippen LogP contribution in [0.1, 0.15) is 19.3 Å². The van der Waals surface area contributed by atoms with Crippen LogP contribution in [0, 0.1) is 11.7 Å². The fourth-order valence-corrected chi connectivity index (χ4v) is 2.46. The van der Waals surface area contributed by atoms with E-state index >= 15 is 0 Å². The van der Waals surface area contributed by atoms with Crippen LogP contribution in [-0.2, 0) is 4.79 Å². The number of hydrogen-bond donors (Lipinski definition) is 3. The summed E-state index contributed by atoms with van der Waals surface area (Å²) in [5.41, 5.74) is 0.259. The summed E-state index contributed by atoms with van der Waals surface area (Å²) in [4.78, 5) is 22.8. The smallest absolute Gasteiger partial charge is 0.319 e. The van der Waals surface area contributed by atoms with Gasteiger partial charge in [-0.05, 0) is 31.0 Å². The minimum absolute atomic E-state index is 0.0299. The van der Waals surface area contributed by atoms with E-state index in [2.05, 4.69) is 10.6 Å². The SMILES string of the molecule is O=C(Nc1ccc(Cl)c(F)c1)NC1CCCC1C(=O)O. The van der Waals surface area contributed by atoms with Gasteiger partial charge in [-0.1, -0.05) is 18.0 Å². The Morgan fingerprint density at radius 3 is 2.75 bits per heavy atom. The quantitative estimate of drug-likeness (QED) is 0.803. The molecule has 2 unspecified atom stereocenters. The molecule has 0 heterocycles. The zero-order chi connectivity index (χ0) is 14.7. The number of nitrogens with one attached hydrogen (secondary N) is 2. The first kappa shape index (κ1) is 14.6. The Balaban J connectivity index is 1.95. The summed E-state index contributed by atoms with van der Waals surface area (Å²) in [5.74, 6) is -2.11. The predicted octanol–water partition coefficient (Wildman–Crippen LogP) is 2.85. The zero-order valence-corrected chi connectivity index (χ0v) is 11.3. The van der Waals surface area contributed by atoms with Crippen molar-refractivity contribution in [2.24, 2.45) is 5.92 Å². The molecule has 0 spiro atoms. The number of amides is 2. The molecule has 7 heteroatoms. The number of carbonyl (C=O) groups excluding carboxylic acids is 1. The highest BCUT2D eigenvalue weighted by atomic mass is 35.5.